The number of hydrogen-bond acceptors (Lipinski definition) is 4. The summed E-state index contributed by atoms with van der Waals surface area (Å²) in [5.41, 5.74) is 2.09. The van der Waals surface area contributed by atoms with Gasteiger partial charge in [0.1, 0.15) is 17.8 Å². The number of para-hydroxylation sites is 2. The highest BCUT2D eigenvalue weighted by Gasteiger charge is 2.13. The summed E-state index contributed by atoms with van der Waals surface area (Å²) in [6.07, 6.45) is 1.42. The molecule has 0 fully saturated rings. The molecule has 2 aromatic carbocycles. The molecule has 0 aliphatic heterocycles. The third kappa shape index (κ3) is 3.57. The molecule has 3 rings (SSSR count). The molecule has 0 bridgehead atoms. The Morgan fingerprint density at radius 3 is 2.33 bits per heavy atom. The molecular weight excluding hydrogens is 300 g/mol. The van der Waals surface area contributed by atoms with Crippen molar-refractivity contribution in [3.63, 3.8) is 0 Å². The molecule has 0 aliphatic carbocycles. The summed E-state index contributed by atoms with van der Waals surface area (Å²) in [5.74, 6) is 0.436. The molecule has 1 N–H and O–H groups in total. The number of amides is 1. The summed E-state index contributed by atoms with van der Waals surface area (Å²) in [4.78, 5) is 22.8. The van der Waals surface area contributed by atoms with E-state index in [0.29, 0.717) is 11.5 Å². The molecule has 1 aromatic heterocycles. The van der Waals surface area contributed by atoms with Crippen LogP contribution in [0.25, 0.3) is 0 Å². The monoisotopic (exact) mass is 318 g/mol. The van der Waals surface area contributed by atoms with Crippen LogP contribution in [-0.2, 0) is 0 Å². The normalized spacial score (nSPS) is 10.2. The summed E-state index contributed by atoms with van der Waals surface area (Å²) >= 11 is 0. The van der Waals surface area contributed by atoms with E-state index in [1.54, 1.807) is 6.07 Å². The van der Waals surface area contributed by atoms with E-state index in [1.165, 1.54) is 6.33 Å². The van der Waals surface area contributed by atoms with E-state index in [1.807, 2.05) is 72.5 Å². The van der Waals surface area contributed by atoms with Gasteiger partial charge in [-0.15, -0.1) is 0 Å². The van der Waals surface area contributed by atoms with Gasteiger partial charge in [0.05, 0.1) is 0 Å². The van der Waals surface area contributed by atoms with Crippen LogP contribution < -0.4 is 10.2 Å². The van der Waals surface area contributed by atoms with Crippen LogP contribution in [0, 0.1) is 0 Å². The molecule has 0 atom stereocenters. The molecule has 0 saturated carbocycles. The van der Waals surface area contributed by atoms with E-state index in [-0.39, 0.29) is 5.91 Å². The Morgan fingerprint density at radius 1 is 1.00 bits per heavy atom. The SMILES string of the molecule is CCN(c1ccccc1)c1cc(C(=O)Nc2ccccc2)ncn1. The fourth-order valence-corrected chi connectivity index (χ4v) is 2.42. The van der Waals surface area contributed by atoms with Gasteiger partial charge in [0.25, 0.3) is 5.91 Å². The number of hydrogen-bond donors (Lipinski definition) is 1. The Kier molecular flexibility index (Phi) is 4.81. The van der Waals surface area contributed by atoms with Crippen LogP contribution in [0.15, 0.2) is 73.1 Å². The summed E-state index contributed by atoms with van der Waals surface area (Å²) in [6, 6.07) is 21.0. The second-order valence-electron chi connectivity index (χ2n) is 5.16. The van der Waals surface area contributed by atoms with Crippen molar-refractivity contribution >= 4 is 23.1 Å². The fraction of sp³-hybridized carbons (Fsp3) is 0.105. The van der Waals surface area contributed by atoms with E-state index in [4.69, 9.17) is 0 Å². The van der Waals surface area contributed by atoms with Crippen LogP contribution in [0.3, 0.4) is 0 Å². The minimum Gasteiger partial charge on any atom is -0.327 e. The van der Waals surface area contributed by atoms with E-state index < -0.39 is 0 Å². The Hall–Kier alpha value is -3.21. The first kappa shape index (κ1) is 15.7. The van der Waals surface area contributed by atoms with Crippen LogP contribution in [0.1, 0.15) is 17.4 Å². The molecule has 5 nitrogen and oxygen atoms in total. The number of aromatic nitrogens is 2. The highest BCUT2D eigenvalue weighted by atomic mass is 16.1. The third-order valence-electron chi connectivity index (χ3n) is 3.58. The summed E-state index contributed by atoms with van der Waals surface area (Å²) in [5, 5.41) is 2.83. The van der Waals surface area contributed by atoms with Gasteiger partial charge in [-0.25, -0.2) is 9.97 Å². The lowest BCUT2D eigenvalue weighted by molar-refractivity contribution is 0.102. The zero-order chi connectivity index (χ0) is 16.8. The maximum Gasteiger partial charge on any atom is 0.274 e. The topological polar surface area (TPSA) is 58.1 Å². The number of carbonyl (C=O) groups excluding carboxylic acids is 1. The summed E-state index contributed by atoms with van der Waals surface area (Å²) in [6.45, 7) is 2.78. The summed E-state index contributed by atoms with van der Waals surface area (Å²) in [7, 11) is 0. The molecule has 1 amide bonds. The van der Waals surface area contributed by atoms with Crippen molar-refractivity contribution in [2.75, 3.05) is 16.8 Å². The van der Waals surface area contributed by atoms with Gasteiger partial charge < -0.3 is 10.2 Å². The zero-order valence-electron chi connectivity index (χ0n) is 13.4. The minimum atomic E-state index is -0.256. The van der Waals surface area contributed by atoms with Gasteiger partial charge in [0.15, 0.2) is 0 Å². The van der Waals surface area contributed by atoms with E-state index in [0.717, 1.165) is 17.9 Å². The van der Waals surface area contributed by atoms with Crippen LogP contribution in [0.2, 0.25) is 0 Å². The third-order valence-corrected chi connectivity index (χ3v) is 3.58. The molecule has 5 heteroatoms. The molecule has 0 saturated heterocycles. The van der Waals surface area contributed by atoms with Crippen molar-refractivity contribution in [3.8, 4) is 0 Å². The average molecular weight is 318 g/mol. The van der Waals surface area contributed by atoms with E-state index >= 15 is 0 Å². The molecule has 0 unspecified atom stereocenters. The van der Waals surface area contributed by atoms with E-state index in [2.05, 4.69) is 15.3 Å². The van der Waals surface area contributed by atoms with Crippen molar-refractivity contribution in [2.24, 2.45) is 0 Å². The lowest BCUT2D eigenvalue weighted by Gasteiger charge is -2.22. The Labute approximate surface area is 141 Å². The summed E-state index contributed by atoms with van der Waals surface area (Å²) < 4.78 is 0. The van der Waals surface area contributed by atoms with Crippen LogP contribution in [0.5, 0.6) is 0 Å². The van der Waals surface area contributed by atoms with Gasteiger partial charge >= 0.3 is 0 Å². The highest BCUT2D eigenvalue weighted by Crippen LogP contribution is 2.23. The van der Waals surface area contributed by atoms with Gasteiger partial charge in [0, 0.05) is 24.0 Å². The van der Waals surface area contributed by atoms with Crippen molar-refractivity contribution in [3.05, 3.63) is 78.8 Å². The smallest absolute Gasteiger partial charge is 0.274 e. The number of benzene rings is 2. The first-order valence-corrected chi connectivity index (χ1v) is 7.79. The molecule has 0 aliphatic rings. The lowest BCUT2D eigenvalue weighted by atomic mass is 10.2. The zero-order valence-corrected chi connectivity index (χ0v) is 13.4. The maximum absolute atomic E-state index is 12.4. The predicted molar refractivity (Wildman–Crippen MR) is 95.5 cm³/mol. The molecule has 0 spiro atoms. The first-order valence-electron chi connectivity index (χ1n) is 7.79. The van der Waals surface area contributed by atoms with E-state index in [9.17, 15) is 4.79 Å². The predicted octanol–water partition coefficient (Wildman–Crippen LogP) is 3.89. The second-order valence-corrected chi connectivity index (χ2v) is 5.16. The van der Waals surface area contributed by atoms with Crippen molar-refractivity contribution < 1.29 is 4.79 Å². The number of nitrogens with zero attached hydrogens (tertiary/aromatic N) is 3. The van der Waals surface area contributed by atoms with Crippen molar-refractivity contribution in [1.29, 1.82) is 0 Å². The van der Waals surface area contributed by atoms with Gasteiger partial charge in [-0.05, 0) is 31.2 Å². The Balaban J connectivity index is 1.84. The quantitative estimate of drug-likeness (QED) is 0.775. The number of rotatable bonds is 5. The molecule has 1 heterocycles. The Bertz CT molecular complexity index is 806. The number of anilines is 3. The molecule has 3 aromatic rings. The van der Waals surface area contributed by atoms with Crippen LogP contribution in [0.4, 0.5) is 17.2 Å². The van der Waals surface area contributed by atoms with Gasteiger partial charge in [0.2, 0.25) is 0 Å². The van der Waals surface area contributed by atoms with Gasteiger partial charge in [-0.1, -0.05) is 36.4 Å². The fourth-order valence-electron chi connectivity index (χ4n) is 2.42. The average Bonchev–Trinajstić information content (AvgIpc) is 2.64. The molecule has 120 valence electrons. The number of carbonyl (C=O) groups is 1. The minimum absolute atomic E-state index is 0.256. The van der Waals surface area contributed by atoms with Gasteiger partial charge in [-0.2, -0.15) is 0 Å². The molecule has 0 radical (unpaired) electrons. The molecular formula is C19H18N4O. The van der Waals surface area contributed by atoms with Crippen molar-refractivity contribution in [1.82, 2.24) is 9.97 Å². The van der Waals surface area contributed by atoms with Crippen LogP contribution in [-0.4, -0.2) is 22.4 Å². The van der Waals surface area contributed by atoms with Gasteiger partial charge in [-0.3, -0.25) is 4.79 Å². The largest absolute Gasteiger partial charge is 0.327 e. The maximum atomic E-state index is 12.4. The lowest BCUT2D eigenvalue weighted by Crippen LogP contribution is -2.19. The first-order chi connectivity index (χ1) is 11.8. The highest BCUT2D eigenvalue weighted by molar-refractivity contribution is 6.03. The second kappa shape index (κ2) is 7.37. The molecule has 24 heavy (non-hydrogen) atoms. The standard InChI is InChI=1S/C19H18N4O/c1-2-23(16-11-7-4-8-12-16)18-13-17(20-14-21-18)19(24)22-15-9-5-3-6-10-15/h3-14H,2H2,1H3,(H,22,24). The Morgan fingerprint density at radius 2 is 1.67 bits per heavy atom. The van der Waals surface area contributed by atoms with Crippen molar-refractivity contribution in [2.45, 2.75) is 6.92 Å². The van der Waals surface area contributed by atoms with Crippen LogP contribution >= 0.6 is 0 Å². The number of nitrogens with one attached hydrogen (secondary N) is 1.